The summed E-state index contributed by atoms with van der Waals surface area (Å²) in [5.74, 6) is 0.826. The highest BCUT2D eigenvalue weighted by Gasteiger charge is 2.14. The first kappa shape index (κ1) is 22.4. The number of nitrogens with zero attached hydrogens (tertiary/aromatic N) is 2. The Bertz CT molecular complexity index is 939. The summed E-state index contributed by atoms with van der Waals surface area (Å²) < 4.78 is 0. The average Bonchev–Trinajstić information content (AvgIpc) is 2.76. The van der Waals surface area contributed by atoms with Gasteiger partial charge in [-0.2, -0.15) is 0 Å². The van der Waals surface area contributed by atoms with E-state index in [4.69, 9.17) is 16.7 Å². The zero-order valence-corrected chi connectivity index (χ0v) is 18.7. The molecule has 1 heterocycles. The van der Waals surface area contributed by atoms with Gasteiger partial charge in [0.05, 0.1) is 6.42 Å². The Kier molecular flexibility index (Phi) is 8.37. The van der Waals surface area contributed by atoms with Gasteiger partial charge in [-0.15, -0.1) is 0 Å². The highest BCUT2D eigenvalue weighted by atomic mass is 35.5. The molecule has 0 aromatic heterocycles. The van der Waals surface area contributed by atoms with Crippen molar-refractivity contribution < 1.29 is 4.79 Å². The lowest BCUT2D eigenvalue weighted by Crippen LogP contribution is -2.28. The summed E-state index contributed by atoms with van der Waals surface area (Å²) in [5, 5.41) is 9.45. The summed E-state index contributed by atoms with van der Waals surface area (Å²) in [6, 6.07) is 13.1. The minimum absolute atomic E-state index is 0.121. The number of halogens is 1. The number of hydrogen-bond donors (Lipinski definition) is 2. The predicted molar refractivity (Wildman–Crippen MR) is 128 cm³/mol. The maximum atomic E-state index is 12.4. The lowest BCUT2D eigenvalue weighted by atomic mass is 10.1. The van der Waals surface area contributed by atoms with Crippen molar-refractivity contribution in [3.63, 3.8) is 0 Å². The van der Waals surface area contributed by atoms with Crippen molar-refractivity contribution >= 4 is 47.4 Å². The lowest BCUT2D eigenvalue weighted by molar-refractivity contribution is -0.115. The Morgan fingerprint density at radius 2 is 2.00 bits per heavy atom. The quantitative estimate of drug-likeness (QED) is 0.447. The van der Waals surface area contributed by atoms with E-state index in [2.05, 4.69) is 21.3 Å². The second kappa shape index (κ2) is 11.2. The maximum absolute atomic E-state index is 12.4. The number of carbonyl (C=O) groups excluding carboxylic acids is 1. The fourth-order valence-electron chi connectivity index (χ4n) is 3.46. The minimum Gasteiger partial charge on any atom is -0.357 e. The monoisotopic (exact) mass is 442 g/mol. The standard InChI is InChI=1S/C23H27ClN4OS/c1-2-26-22(28-12-6-3-7-13-28)14-18-10-11-19(16-21(18)30-25)27-23(29)15-17-8-4-5-9-20(17)24/h2,4-5,8-11,14,16H,3,6-7,12-13,15,25H2,1H3,(H,27,29)/b22-14+,26-2?. The first-order chi connectivity index (χ1) is 14.6. The highest BCUT2D eigenvalue weighted by molar-refractivity contribution is 7.97. The molecular weight excluding hydrogens is 416 g/mol. The SMILES string of the molecule is CC=N/C(=C\c1ccc(NC(=O)Cc2ccccc2Cl)cc1SN)N1CCCCC1. The summed E-state index contributed by atoms with van der Waals surface area (Å²) in [6.07, 6.45) is 7.74. The number of likely N-dealkylation sites (tertiary alicyclic amines) is 1. The van der Waals surface area contributed by atoms with Crippen LogP contribution in [0.1, 0.15) is 37.3 Å². The van der Waals surface area contributed by atoms with Gasteiger partial charge in [0.25, 0.3) is 0 Å². The molecule has 1 aliphatic rings. The lowest BCUT2D eigenvalue weighted by Gasteiger charge is -2.29. The predicted octanol–water partition coefficient (Wildman–Crippen LogP) is 5.36. The molecule has 0 aliphatic carbocycles. The molecule has 1 amide bonds. The van der Waals surface area contributed by atoms with Gasteiger partial charge in [0, 0.05) is 34.9 Å². The van der Waals surface area contributed by atoms with Crippen molar-refractivity contribution in [2.24, 2.45) is 10.1 Å². The van der Waals surface area contributed by atoms with E-state index in [9.17, 15) is 4.79 Å². The average molecular weight is 443 g/mol. The fourth-order valence-corrected chi connectivity index (χ4v) is 4.12. The van der Waals surface area contributed by atoms with Crippen LogP contribution in [0.15, 0.2) is 58.2 Å². The van der Waals surface area contributed by atoms with Gasteiger partial charge in [-0.1, -0.05) is 35.9 Å². The number of carbonyl (C=O) groups is 1. The Hall–Kier alpha value is -2.28. The van der Waals surface area contributed by atoms with Gasteiger partial charge in [0.1, 0.15) is 5.82 Å². The van der Waals surface area contributed by atoms with Gasteiger partial charge >= 0.3 is 0 Å². The van der Waals surface area contributed by atoms with Crippen LogP contribution < -0.4 is 10.5 Å². The molecule has 3 rings (SSSR count). The molecule has 2 aromatic carbocycles. The van der Waals surface area contributed by atoms with Crippen LogP contribution in [0.4, 0.5) is 5.69 Å². The molecule has 2 aromatic rings. The summed E-state index contributed by atoms with van der Waals surface area (Å²) in [4.78, 5) is 20.2. The number of rotatable bonds is 7. The maximum Gasteiger partial charge on any atom is 0.228 e. The van der Waals surface area contributed by atoms with Crippen molar-refractivity contribution in [3.05, 3.63) is 64.4 Å². The van der Waals surface area contributed by atoms with Crippen LogP contribution in [0.25, 0.3) is 6.08 Å². The van der Waals surface area contributed by atoms with Gasteiger partial charge in [-0.05, 0) is 73.5 Å². The summed E-state index contributed by atoms with van der Waals surface area (Å²) >= 11 is 7.32. The fraction of sp³-hybridized carbons (Fsp3) is 0.304. The first-order valence-corrected chi connectivity index (χ1v) is 11.4. The molecular formula is C23H27ClN4OS. The van der Waals surface area contributed by atoms with Crippen LogP contribution in [-0.4, -0.2) is 30.1 Å². The zero-order chi connectivity index (χ0) is 21.3. The normalized spacial score (nSPS) is 14.9. The second-order valence-corrected chi connectivity index (χ2v) is 8.21. The Labute approximate surface area is 187 Å². The van der Waals surface area contributed by atoms with Gasteiger partial charge in [-0.25, -0.2) is 4.99 Å². The van der Waals surface area contributed by atoms with Crippen molar-refractivity contribution in [1.82, 2.24) is 4.90 Å². The van der Waals surface area contributed by atoms with E-state index < -0.39 is 0 Å². The van der Waals surface area contributed by atoms with E-state index in [0.717, 1.165) is 46.9 Å². The topological polar surface area (TPSA) is 70.7 Å². The largest absolute Gasteiger partial charge is 0.357 e. The van der Waals surface area contributed by atoms with Crippen LogP contribution in [-0.2, 0) is 11.2 Å². The van der Waals surface area contributed by atoms with Crippen LogP contribution in [0.2, 0.25) is 5.02 Å². The molecule has 5 nitrogen and oxygen atoms in total. The third-order valence-electron chi connectivity index (χ3n) is 4.96. The minimum atomic E-state index is -0.121. The van der Waals surface area contributed by atoms with Crippen molar-refractivity contribution in [2.45, 2.75) is 37.5 Å². The van der Waals surface area contributed by atoms with E-state index in [1.165, 1.54) is 19.3 Å². The van der Waals surface area contributed by atoms with Gasteiger partial charge in [0.15, 0.2) is 0 Å². The number of anilines is 1. The molecule has 0 radical (unpaired) electrons. The summed E-state index contributed by atoms with van der Waals surface area (Å²) in [6.45, 7) is 3.96. The molecule has 3 N–H and O–H groups in total. The molecule has 0 unspecified atom stereocenters. The second-order valence-electron chi connectivity index (χ2n) is 7.12. The van der Waals surface area contributed by atoms with Gasteiger partial charge < -0.3 is 10.2 Å². The molecule has 1 aliphatic heterocycles. The van der Waals surface area contributed by atoms with Crippen molar-refractivity contribution in [2.75, 3.05) is 18.4 Å². The van der Waals surface area contributed by atoms with E-state index in [-0.39, 0.29) is 12.3 Å². The van der Waals surface area contributed by atoms with Crippen molar-refractivity contribution in [3.8, 4) is 0 Å². The van der Waals surface area contributed by atoms with Gasteiger partial charge in [0.2, 0.25) is 5.91 Å². The Morgan fingerprint density at radius 3 is 2.70 bits per heavy atom. The molecule has 7 heteroatoms. The molecule has 0 saturated carbocycles. The summed E-state index contributed by atoms with van der Waals surface area (Å²) in [5.41, 5.74) is 2.49. The number of nitrogens with one attached hydrogen (secondary N) is 1. The first-order valence-electron chi connectivity index (χ1n) is 10.1. The van der Waals surface area contributed by atoms with E-state index in [1.54, 1.807) is 6.07 Å². The van der Waals surface area contributed by atoms with Crippen LogP contribution in [0, 0.1) is 0 Å². The number of nitrogens with two attached hydrogens (primary N) is 1. The number of piperidine rings is 1. The number of hydrogen-bond acceptors (Lipinski definition) is 5. The number of aliphatic imine (C=N–C) groups is 1. The highest BCUT2D eigenvalue weighted by Crippen LogP contribution is 2.27. The van der Waals surface area contributed by atoms with E-state index >= 15 is 0 Å². The number of benzene rings is 2. The Morgan fingerprint density at radius 1 is 1.23 bits per heavy atom. The molecule has 30 heavy (non-hydrogen) atoms. The summed E-state index contributed by atoms with van der Waals surface area (Å²) in [7, 11) is 0. The Balaban J connectivity index is 1.76. The molecule has 1 fully saturated rings. The third kappa shape index (κ3) is 6.11. The molecule has 0 spiro atoms. The third-order valence-corrected chi connectivity index (χ3v) is 5.94. The van der Waals surface area contributed by atoms with Crippen molar-refractivity contribution in [1.29, 1.82) is 0 Å². The zero-order valence-electron chi connectivity index (χ0n) is 17.1. The van der Waals surface area contributed by atoms with E-state index in [0.29, 0.717) is 10.7 Å². The molecule has 158 valence electrons. The van der Waals surface area contributed by atoms with Crippen LogP contribution in [0.3, 0.4) is 0 Å². The molecule has 0 atom stereocenters. The van der Waals surface area contributed by atoms with Crippen LogP contribution >= 0.6 is 23.5 Å². The number of amides is 1. The smallest absolute Gasteiger partial charge is 0.228 e. The molecule has 1 saturated heterocycles. The molecule has 0 bridgehead atoms. The van der Waals surface area contributed by atoms with E-state index in [1.807, 2.05) is 49.5 Å². The van der Waals surface area contributed by atoms with Gasteiger partial charge in [-0.3, -0.25) is 9.93 Å². The van der Waals surface area contributed by atoms with Crippen LogP contribution in [0.5, 0.6) is 0 Å².